The second-order valence-electron chi connectivity index (χ2n) is 6.64. The highest BCUT2D eigenvalue weighted by Crippen LogP contribution is 2.35. The summed E-state index contributed by atoms with van der Waals surface area (Å²) >= 11 is 5.83. The van der Waals surface area contributed by atoms with E-state index in [0.29, 0.717) is 27.2 Å². The lowest BCUT2D eigenvalue weighted by Gasteiger charge is -2.09. The molecule has 3 aromatic heterocycles. The first-order chi connectivity index (χ1) is 13.9. The smallest absolute Gasteiger partial charge is 0.353 e. The van der Waals surface area contributed by atoms with Gasteiger partial charge in [0.1, 0.15) is 16.7 Å². The number of benzene rings is 1. The topological polar surface area (TPSA) is 88.0 Å². The van der Waals surface area contributed by atoms with Gasteiger partial charge in [0.15, 0.2) is 0 Å². The van der Waals surface area contributed by atoms with Crippen LogP contribution in [-0.4, -0.2) is 25.6 Å². The maximum Gasteiger partial charge on any atom is 0.353 e. The molecule has 0 aliphatic rings. The summed E-state index contributed by atoms with van der Waals surface area (Å²) in [6.07, 6.45) is 3.00. The van der Waals surface area contributed by atoms with Crippen molar-refractivity contribution in [2.24, 2.45) is 0 Å². The third-order valence-electron chi connectivity index (χ3n) is 4.76. The fourth-order valence-electron chi connectivity index (χ4n) is 3.44. The van der Waals surface area contributed by atoms with Crippen LogP contribution < -0.4 is 5.56 Å². The van der Waals surface area contributed by atoms with Crippen molar-refractivity contribution in [3.8, 4) is 11.1 Å². The molecule has 0 aliphatic carbocycles. The van der Waals surface area contributed by atoms with Crippen LogP contribution in [0.1, 0.15) is 21.6 Å². The van der Waals surface area contributed by atoms with E-state index in [1.807, 2.05) is 0 Å². The van der Waals surface area contributed by atoms with Gasteiger partial charge in [0.05, 0.1) is 5.52 Å². The van der Waals surface area contributed by atoms with Crippen LogP contribution >= 0.6 is 11.6 Å². The Labute approximate surface area is 169 Å². The molecule has 0 aliphatic heterocycles. The van der Waals surface area contributed by atoms with Crippen LogP contribution in [0, 0.1) is 12.7 Å². The minimum Gasteiger partial charge on any atom is -0.477 e. The predicted molar refractivity (Wildman–Crippen MR) is 108 cm³/mol. The molecule has 0 saturated heterocycles. The third kappa shape index (κ3) is 3.30. The molecule has 146 valence electrons. The van der Waals surface area contributed by atoms with Gasteiger partial charge in [-0.15, -0.1) is 0 Å². The number of aromatic carboxylic acids is 1. The molecule has 0 spiro atoms. The summed E-state index contributed by atoms with van der Waals surface area (Å²) in [7, 11) is 0. The van der Waals surface area contributed by atoms with Crippen molar-refractivity contribution >= 4 is 28.5 Å². The average molecular weight is 412 g/mol. The summed E-state index contributed by atoms with van der Waals surface area (Å²) in [5.41, 5.74) is 1.34. The van der Waals surface area contributed by atoms with Gasteiger partial charge in [-0.2, -0.15) is 0 Å². The van der Waals surface area contributed by atoms with E-state index >= 15 is 0 Å². The number of nitrogens with one attached hydrogen (secondary N) is 1. The maximum absolute atomic E-state index is 14.4. The minimum atomic E-state index is -1.22. The van der Waals surface area contributed by atoms with Crippen molar-refractivity contribution in [3.05, 3.63) is 86.9 Å². The van der Waals surface area contributed by atoms with Crippen LogP contribution in [0.3, 0.4) is 0 Å². The van der Waals surface area contributed by atoms with Gasteiger partial charge in [0.2, 0.25) is 0 Å². The number of rotatable bonds is 4. The molecule has 0 unspecified atom stereocenters. The zero-order chi connectivity index (χ0) is 20.7. The number of hydrogen-bond acceptors (Lipinski definition) is 3. The fraction of sp³-hybridized carbons (Fsp3) is 0.0952. The molecule has 4 rings (SSSR count). The van der Waals surface area contributed by atoms with Crippen molar-refractivity contribution < 1.29 is 14.3 Å². The van der Waals surface area contributed by atoms with E-state index in [1.165, 1.54) is 23.0 Å². The first kappa shape index (κ1) is 18.9. The summed E-state index contributed by atoms with van der Waals surface area (Å²) in [6.45, 7) is 1.71. The minimum absolute atomic E-state index is 0.100. The van der Waals surface area contributed by atoms with Crippen LogP contribution in [0.5, 0.6) is 0 Å². The van der Waals surface area contributed by atoms with Gasteiger partial charge in [0, 0.05) is 35.5 Å². The molecule has 0 amide bonds. The summed E-state index contributed by atoms with van der Waals surface area (Å²) in [4.78, 5) is 31.3. The second kappa shape index (κ2) is 7.18. The van der Waals surface area contributed by atoms with E-state index in [4.69, 9.17) is 11.6 Å². The Morgan fingerprint density at radius 3 is 2.76 bits per heavy atom. The zero-order valence-electron chi connectivity index (χ0n) is 15.2. The number of fused-ring (bicyclic) bond motifs is 1. The van der Waals surface area contributed by atoms with E-state index in [9.17, 15) is 19.1 Å². The molecule has 0 fully saturated rings. The molecule has 0 saturated carbocycles. The Morgan fingerprint density at radius 1 is 1.31 bits per heavy atom. The van der Waals surface area contributed by atoms with Crippen molar-refractivity contribution in [1.82, 2.24) is 14.5 Å². The van der Waals surface area contributed by atoms with E-state index in [2.05, 4.69) is 9.97 Å². The fourth-order valence-corrected chi connectivity index (χ4v) is 3.55. The van der Waals surface area contributed by atoms with Crippen LogP contribution in [0.2, 0.25) is 5.15 Å². The summed E-state index contributed by atoms with van der Waals surface area (Å²) in [5.74, 6) is -1.68. The monoisotopic (exact) mass is 411 g/mol. The van der Waals surface area contributed by atoms with Gasteiger partial charge >= 0.3 is 5.97 Å². The van der Waals surface area contributed by atoms with E-state index < -0.39 is 17.3 Å². The number of H-pyrrole nitrogens is 1. The second-order valence-corrected chi connectivity index (χ2v) is 7.02. The first-order valence-corrected chi connectivity index (χ1v) is 9.08. The molecular weight excluding hydrogens is 397 g/mol. The van der Waals surface area contributed by atoms with E-state index in [1.54, 1.807) is 37.3 Å². The number of nitrogens with zero attached hydrogens (tertiary/aromatic N) is 2. The number of carboxylic acids is 1. The molecule has 2 N–H and O–H groups in total. The molecule has 1 aromatic carbocycles. The molecule has 0 radical (unpaired) electrons. The highest BCUT2D eigenvalue weighted by molar-refractivity contribution is 6.29. The lowest BCUT2D eigenvalue weighted by Crippen LogP contribution is -2.13. The molecule has 29 heavy (non-hydrogen) atoms. The van der Waals surface area contributed by atoms with Gasteiger partial charge in [-0.1, -0.05) is 17.7 Å². The Kier molecular flexibility index (Phi) is 4.68. The van der Waals surface area contributed by atoms with Gasteiger partial charge in [-0.3, -0.25) is 4.79 Å². The molecule has 0 atom stereocenters. The Bertz CT molecular complexity index is 1310. The summed E-state index contributed by atoms with van der Waals surface area (Å²) in [6, 6.07) is 9.33. The van der Waals surface area contributed by atoms with Crippen molar-refractivity contribution in [2.75, 3.05) is 0 Å². The highest BCUT2D eigenvalue weighted by Gasteiger charge is 2.26. The number of pyridine rings is 2. The SMILES string of the molecule is Cc1cc2c(-c3ccc[nH]c3=O)c(C(=O)O)n(Cc3ccc(Cl)nc3)c2cc1F. The number of aryl methyl sites for hydroxylation is 1. The maximum atomic E-state index is 14.4. The van der Waals surface area contributed by atoms with Crippen LogP contribution in [0.25, 0.3) is 22.0 Å². The third-order valence-corrected chi connectivity index (χ3v) is 4.99. The van der Waals surface area contributed by atoms with Crippen LogP contribution in [0.4, 0.5) is 4.39 Å². The Hall–Kier alpha value is -3.45. The predicted octanol–water partition coefficient (Wildman–Crippen LogP) is 4.24. The Morgan fingerprint density at radius 2 is 2.10 bits per heavy atom. The molecular formula is C21H15ClFN3O3. The number of aromatic amines is 1. The summed E-state index contributed by atoms with van der Waals surface area (Å²) < 4.78 is 15.9. The molecule has 3 heterocycles. The number of hydrogen-bond donors (Lipinski definition) is 2. The molecule has 6 nitrogen and oxygen atoms in total. The number of halogens is 2. The standard InChI is InChI=1S/C21H15ClFN3O3/c1-11-7-14-16(8-15(11)23)26(10-12-4-5-17(22)25-9-12)19(21(28)29)18(14)13-3-2-6-24-20(13)27/h2-9H,10H2,1H3,(H,24,27)(H,28,29). The van der Waals surface area contributed by atoms with Gasteiger partial charge < -0.3 is 14.7 Å². The lowest BCUT2D eigenvalue weighted by molar-refractivity contribution is 0.0687. The quantitative estimate of drug-likeness (QED) is 0.492. The van der Waals surface area contributed by atoms with E-state index in [-0.39, 0.29) is 23.4 Å². The van der Waals surface area contributed by atoms with Crippen LogP contribution in [0.15, 0.2) is 53.6 Å². The van der Waals surface area contributed by atoms with Crippen molar-refractivity contribution in [1.29, 1.82) is 0 Å². The van der Waals surface area contributed by atoms with Crippen LogP contribution in [-0.2, 0) is 6.54 Å². The summed E-state index contributed by atoms with van der Waals surface area (Å²) in [5, 5.41) is 10.8. The van der Waals surface area contributed by atoms with Crippen molar-refractivity contribution in [2.45, 2.75) is 13.5 Å². The molecule has 4 aromatic rings. The average Bonchev–Trinajstić information content (AvgIpc) is 2.98. The number of carboxylic acid groups (broad SMARTS) is 1. The van der Waals surface area contributed by atoms with Crippen molar-refractivity contribution in [3.63, 3.8) is 0 Å². The van der Waals surface area contributed by atoms with Gasteiger partial charge in [-0.05, 0) is 48.4 Å². The molecule has 8 heteroatoms. The first-order valence-electron chi connectivity index (χ1n) is 8.71. The number of carbonyl (C=O) groups is 1. The van der Waals surface area contributed by atoms with Gasteiger partial charge in [-0.25, -0.2) is 14.2 Å². The lowest BCUT2D eigenvalue weighted by atomic mass is 10.0. The highest BCUT2D eigenvalue weighted by atomic mass is 35.5. The largest absolute Gasteiger partial charge is 0.477 e. The zero-order valence-corrected chi connectivity index (χ0v) is 16.0. The number of aromatic nitrogens is 3. The normalized spacial score (nSPS) is 11.1. The van der Waals surface area contributed by atoms with E-state index in [0.717, 1.165) is 0 Å². The van der Waals surface area contributed by atoms with Gasteiger partial charge in [0.25, 0.3) is 5.56 Å². The Balaban J connectivity index is 2.09. The molecule has 0 bridgehead atoms.